The second-order valence-corrected chi connectivity index (χ2v) is 19.6. The van der Waals surface area contributed by atoms with Gasteiger partial charge in [-0.05, 0) is 58.0 Å². The predicted octanol–water partition coefficient (Wildman–Crippen LogP) is 6.27. The maximum absolute atomic E-state index is 13.4. The molecule has 2 amide bonds. The number of carbonyl (C=O) groups is 2. The minimum absolute atomic E-state index is 0.204. The Morgan fingerprint density at radius 3 is 2.39 bits per heavy atom. The van der Waals surface area contributed by atoms with Crippen LogP contribution in [0.2, 0.25) is 25.7 Å². The summed E-state index contributed by atoms with van der Waals surface area (Å²) in [6.07, 6.45) is 2.79. The highest BCUT2D eigenvalue weighted by Gasteiger charge is 2.29. The van der Waals surface area contributed by atoms with Crippen molar-refractivity contribution in [2.24, 2.45) is 0 Å². The summed E-state index contributed by atoms with van der Waals surface area (Å²) in [7, 11) is -1.17. The number of fused-ring (bicyclic) bond motifs is 1. The molecule has 10 nitrogen and oxygen atoms in total. The Bertz CT molecular complexity index is 1620. The molecular weight excluding hydrogens is 713 g/mol. The Labute approximate surface area is 284 Å². The van der Waals surface area contributed by atoms with Gasteiger partial charge < -0.3 is 29.4 Å². The summed E-state index contributed by atoms with van der Waals surface area (Å²) >= 11 is 2.30. The van der Waals surface area contributed by atoms with Crippen molar-refractivity contribution in [2.45, 2.75) is 51.4 Å². The quantitative estimate of drug-likeness (QED) is 0.0942. The molecule has 1 unspecified atom stereocenters. The van der Waals surface area contributed by atoms with Crippen LogP contribution in [0.1, 0.15) is 11.1 Å². The van der Waals surface area contributed by atoms with E-state index in [2.05, 4.69) is 69.6 Å². The van der Waals surface area contributed by atoms with Crippen molar-refractivity contribution >= 4 is 53.7 Å². The second kappa shape index (κ2) is 15.4. The topological polar surface area (TPSA) is 109 Å². The molecule has 1 atom stereocenters. The largest absolute Gasteiger partial charge is 0.465 e. The number of halogens is 1. The van der Waals surface area contributed by atoms with Crippen LogP contribution in [0.5, 0.6) is 11.5 Å². The number of piperazine rings is 1. The van der Waals surface area contributed by atoms with Gasteiger partial charge in [0.1, 0.15) is 29.9 Å². The Kier molecular flexibility index (Phi) is 11.4. The molecule has 1 saturated heterocycles. The molecule has 12 heteroatoms. The van der Waals surface area contributed by atoms with Gasteiger partial charge in [0.15, 0.2) is 0 Å². The first-order valence-electron chi connectivity index (χ1n) is 15.6. The van der Waals surface area contributed by atoms with E-state index in [4.69, 9.17) is 9.47 Å². The molecule has 2 N–H and O–H groups in total. The van der Waals surface area contributed by atoms with Crippen LogP contribution >= 0.6 is 22.6 Å². The van der Waals surface area contributed by atoms with E-state index in [0.29, 0.717) is 31.3 Å². The second-order valence-electron chi connectivity index (χ2n) is 12.8. The van der Waals surface area contributed by atoms with Crippen LogP contribution in [-0.4, -0.2) is 83.4 Å². The lowest BCUT2D eigenvalue weighted by Gasteiger charge is -2.36. The van der Waals surface area contributed by atoms with Gasteiger partial charge in [0.2, 0.25) is 5.91 Å². The lowest BCUT2D eigenvalue weighted by molar-refractivity contribution is -0.135. The maximum atomic E-state index is 13.4. The molecule has 244 valence electrons. The number of amides is 2. The van der Waals surface area contributed by atoms with Crippen molar-refractivity contribution in [2.75, 3.05) is 32.8 Å². The van der Waals surface area contributed by atoms with Crippen LogP contribution in [0.15, 0.2) is 73.1 Å². The molecule has 3 heterocycles. The van der Waals surface area contributed by atoms with Crippen molar-refractivity contribution in [3.8, 4) is 11.5 Å². The molecule has 4 aromatic rings. The highest BCUT2D eigenvalue weighted by atomic mass is 127. The van der Waals surface area contributed by atoms with Crippen molar-refractivity contribution in [1.82, 2.24) is 24.7 Å². The van der Waals surface area contributed by atoms with Gasteiger partial charge in [-0.25, -0.2) is 9.78 Å². The number of hydrogen-bond donors (Lipinski definition) is 2. The fourth-order valence-electron chi connectivity index (χ4n) is 5.46. The van der Waals surface area contributed by atoms with Crippen molar-refractivity contribution in [3.63, 3.8) is 0 Å². The highest BCUT2D eigenvalue weighted by molar-refractivity contribution is 14.1. The first-order valence-corrected chi connectivity index (χ1v) is 20.4. The Hall–Kier alpha value is -3.46. The number of carboxylic acid groups (broad SMARTS) is 1. The van der Waals surface area contributed by atoms with Gasteiger partial charge in [0.25, 0.3) is 0 Å². The number of nitrogens with zero attached hydrogens (tertiary/aromatic N) is 4. The Morgan fingerprint density at radius 1 is 1.00 bits per heavy atom. The molecule has 0 saturated carbocycles. The molecule has 5 rings (SSSR count). The summed E-state index contributed by atoms with van der Waals surface area (Å²) in [6.45, 7) is 11.6. The summed E-state index contributed by atoms with van der Waals surface area (Å²) in [6, 6.07) is 19.8. The molecule has 0 spiro atoms. The van der Waals surface area contributed by atoms with Crippen LogP contribution < -0.4 is 10.1 Å². The van der Waals surface area contributed by atoms with E-state index in [1.165, 1.54) is 5.56 Å². The molecule has 2 aromatic carbocycles. The van der Waals surface area contributed by atoms with E-state index in [9.17, 15) is 14.7 Å². The molecular formula is C34H42IN5O5Si. The van der Waals surface area contributed by atoms with Gasteiger partial charge in [-0.15, -0.1) is 0 Å². The predicted molar refractivity (Wildman–Crippen MR) is 190 cm³/mol. The van der Waals surface area contributed by atoms with Crippen LogP contribution in [0.4, 0.5) is 4.79 Å². The molecule has 1 fully saturated rings. The highest BCUT2D eigenvalue weighted by Crippen LogP contribution is 2.33. The molecule has 0 radical (unpaired) electrons. The number of hydrogen-bond acceptors (Lipinski definition) is 6. The van der Waals surface area contributed by atoms with Crippen LogP contribution in [0.25, 0.3) is 11.0 Å². The summed E-state index contributed by atoms with van der Waals surface area (Å²) in [5.74, 6) is 1.12. The zero-order valence-corrected chi connectivity index (χ0v) is 29.8. The summed E-state index contributed by atoms with van der Waals surface area (Å²) in [5.41, 5.74) is 2.87. The SMILES string of the molecule is C[Si](C)(C)CCOCn1cc(I)c2c(Oc3ccc(CC(NC(=O)O)C(=O)N4CCN(Cc5ccccc5)CC4)cc3)ccnc21. The monoisotopic (exact) mass is 755 g/mol. The smallest absolute Gasteiger partial charge is 0.405 e. The number of nitrogens with one attached hydrogen (secondary N) is 1. The fourth-order valence-corrected chi connectivity index (χ4v) is 7.06. The van der Waals surface area contributed by atoms with E-state index in [-0.39, 0.29) is 12.3 Å². The Morgan fingerprint density at radius 2 is 1.72 bits per heavy atom. The first kappa shape index (κ1) is 33.9. The third kappa shape index (κ3) is 9.30. The van der Waals surface area contributed by atoms with E-state index in [1.54, 1.807) is 11.1 Å². The third-order valence-corrected chi connectivity index (χ3v) is 10.5. The number of benzene rings is 2. The Balaban J connectivity index is 1.20. The maximum Gasteiger partial charge on any atom is 0.405 e. The van der Waals surface area contributed by atoms with Gasteiger partial charge in [-0.3, -0.25) is 9.69 Å². The number of aromatic nitrogens is 2. The van der Waals surface area contributed by atoms with E-state index in [1.807, 2.05) is 59.3 Å². The van der Waals surface area contributed by atoms with Gasteiger partial charge in [0.05, 0.1) is 5.39 Å². The summed E-state index contributed by atoms with van der Waals surface area (Å²) in [4.78, 5) is 33.7. The number of pyridine rings is 1. The normalized spacial score (nSPS) is 14.7. The van der Waals surface area contributed by atoms with E-state index >= 15 is 0 Å². The van der Waals surface area contributed by atoms with E-state index < -0.39 is 20.2 Å². The summed E-state index contributed by atoms with van der Waals surface area (Å²) < 4.78 is 15.3. The average molecular weight is 756 g/mol. The average Bonchev–Trinajstić information content (AvgIpc) is 3.35. The molecule has 0 aliphatic carbocycles. The van der Waals surface area contributed by atoms with Gasteiger partial charge in [-0.1, -0.05) is 62.1 Å². The number of ether oxygens (including phenoxy) is 2. The van der Waals surface area contributed by atoms with Gasteiger partial charge in [-0.2, -0.15) is 0 Å². The molecule has 1 aliphatic rings. The molecule has 1 aliphatic heterocycles. The molecule has 0 bridgehead atoms. The van der Waals surface area contributed by atoms with Crippen molar-refractivity contribution in [1.29, 1.82) is 0 Å². The van der Waals surface area contributed by atoms with Crippen LogP contribution in [-0.2, 0) is 29.2 Å². The van der Waals surface area contributed by atoms with Gasteiger partial charge in [0, 0.05) is 69.8 Å². The zero-order chi connectivity index (χ0) is 32.7. The van der Waals surface area contributed by atoms with Crippen molar-refractivity contribution in [3.05, 3.63) is 87.8 Å². The standard InChI is InChI=1S/C34H42IN5O5Si/c1-46(2,3)20-19-44-24-40-23-28(35)31-30(13-14-36-32(31)40)45-27-11-9-25(10-12-27)21-29(37-34(42)43)33(41)39-17-15-38(16-18-39)22-26-7-5-4-6-8-26/h4-14,23,29,37H,15-22,24H2,1-3H3,(H,42,43). The van der Waals surface area contributed by atoms with E-state index in [0.717, 1.165) is 52.5 Å². The fraction of sp³-hybridized carbons (Fsp3) is 0.382. The van der Waals surface area contributed by atoms with Gasteiger partial charge >= 0.3 is 6.09 Å². The van der Waals surface area contributed by atoms with Crippen molar-refractivity contribution < 1.29 is 24.2 Å². The first-order chi connectivity index (χ1) is 22.1. The number of carbonyl (C=O) groups excluding carboxylic acids is 1. The summed E-state index contributed by atoms with van der Waals surface area (Å²) in [5, 5.41) is 12.9. The zero-order valence-electron chi connectivity index (χ0n) is 26.6. The van der Waals surface area contributed by atoms with Crippen LogP contribution in [0.3, 0.4) is 0 Å². The number of rotatable bonds is 13. The molecule has 46 heavy (non-hydrogen) atoms. The lowest BCUT2D eigenvalue weighted by atomic mass is 10.0. The molecule has 2 aromatic heterocycles. The third-order valence-electron chi connectivity index (χ3n) is 8.02. The lowest BCUT2D eigenvalue weighted by Crippen LogP contribution is -2.55. The minimum Gasteiger partial charge on any atom is -0.465 e. The van der Waals surface area contributed by atoms with Crippen LogP contribution in [0, 0.1) is 3.57 Å². The minimum atomic E-state index is -1.22.